The number of hydrogen-bond donors (Lipinski definition) is 2. The molecule has 1 aliphatic carbocycles. The van der Waals surface area contributed by atoms with Crippen LogP contribution in [0.3, 0.4) is 0 Å². The van der Waals surface area contributed by atoms with Gasteiger partial charge in [-0.3, -0.25) is 0 Å². The highest BCUT2D eigenvalue weighted by atomic mass is 32.2. The number of primary sulfonamides is 1. The summed E-state index contributed by atoms with van der Waals surface area (Å²) in [6, 6.07) is 5.73. The third kappa shape index (κ3) is 4.93. The Balaban J connectivity index is 1.96. The number of rotatable bonds is 6. The van der Waals surface area contributed by atoms with E-state index in [1.54, 1.807) is 12.1 Å². The lowest BCUT2D eigenvalue weighted by atomic mass is 9.80. The SMILES string of the molecule is COc1ccc(CCNC2CCC(C)CC2C)cc1S(N)(=O)=O. The summed E-state index contributed by atoms with van der Waals surface area (Å²) in [5.41, 5.74) is 0.944. The molecule has 1 aromatic rings. The van der Waals surface area contributed by atoms with Crippen LogP contribution in [0.4, 0.5) is 0 Å². The smallest absolute Gasteiger partial charge is 0.241 e. The standard InChI is InChI=1S/C17H28N2O3S/c1-12-4-6-15(13(2)10-12)19-9-8-14-5-7-16(22-3)17(11-14)23(18,20)21/h5,7,11-13,15,19H,4,6,8-10H2,1-3H3,(H2,18,20,21). The Kier molecular flexibility index (Phi) is 6.06. The number of methoxy groups -OCH3 is 1. The first-order chi connectivity index (χ1) is 10.8. The van der Waals surface area contributed by atoms with Crippen molar-refractivity contribution in [1.29, 1.82) is 0 Å². The van der Waals surface area contributed by atoms with E-state index in [9.17, 15) is 8.42 Å². The molecule has 0 bridgehead atoms. The van der Waals surface area contributed by atoms with E-state index in [0.29, 0.717) is 17.7 Å². The summed E-state index contributed by atoms with van der Waals surface area (Å²) in [5, 5.41) is 8.87. The average Bonchev–Trinajstić information content (AvgIpc) is 2.48. The van der Waals surface area contributed by atoms with Crippen LogP contribution in [0.15, 0.2) is 23.1 Å². The molecule has 0 heterocycles. The molecular formula is C17H28N2O3S. The molecule has 23 heavy (non-hydrogen) atoms. The van der Waals surface area contributed by atoms with E-state index in [1.165, 1.54) is 26.4 Å². The van der Waals surface area contributed by atoms with Gasteiger partial charge in [0.15, 0.2) is 0 Å². The molecule has 1 aromatic carbocycles. The first kappa shape index (κ1) is 18.2. The van der Waals surface area contributed by atoms with E-state index in [-0.39, 0.29) is 4.90 Å². The van der Waals surface area contributed by atoms with Gasteiger partial charge in [-0.1, -0.05) is 19.9 Å². The second-order valence-corrected chi connectivity index (χ2v) is 8.27. The summed E-state index contributed by atoms with van der Waals surface area (Å²) >= 11 is 0. The molecule has 1 aliphatic rings. The van der Waals surface area contributed by atoms with Gasteiger partial charge in [-0.25, -0.2) is 13.6 Å². The lowest BCUT2D eigenvalue weighted by molar-refractivity contribution is 0.229. The van der Waals surface area contributed by atoms with E-state index in [1.807, 2.05) is 6.07 Å². The highest BCUT2D eigenvalue weighted by Crippen LogP contribution is 2.28. The quantitative estimate of drug-likeness (QED) is 0.832. The minimum atomic E-state index is -3.77. The number of benzene rings is 1. The molecule has 0 amide bonds. The zero-order chi connectivity index (χ0) is 17.0. The van der Waals surface area contributed by atoms with Gasteiger partial charge in [0, 0.05) is 6.04 Å². The normalized spacial score (nSPS) is 25.3. The fourth-order valence-corrected chi connectivity index (χ4v) is 4.22. The number of sulfonamides is 1. The summed E-state index contributed by atoms with van der Waals surface area (Å²) in [4.78, 5) is 0.0531. The third-order valence-electron chi connectivity index (χ3n) is 4.79. The third-order valence-corrected chi connectivity index (χ3v) is 5.72. The average molecular weight is 340 g/mol. The van der Waals surface area contributed by atoms with Gasteiger partial charge in [0.2, 0.25) is 10.0 Å². The predicted octanol–water partition coefficient (Wildman–Crippen LogP) is 2.30. The molecule has 1 fully saturated rings. The molecule has 3 unspecified atom stereocenters. The van der Waals surface area contributed by atoms with Gasteiger partial charge in [-0.15, -0.1) is 0 Å². The Hall–Kier alpha value is -1.11. The predicted molar refractivity (Wildman–Crippen MR) is 92.0 cm³/mol. The van der Waals surface area contributed by atoms with Crippen LogP contribution in [0.5, 0.6) is 5.75 Å². The molecule has 6 heteroatoms. The molecule has 0 radical (unpaired) electrons. The maximum atomic E-state index is 11.6. The van der Waals surface area contributed by atoms with E-state index >= 15 is 0 Å². The molecule has 2 rings (SSSR count). The minimum absolute atomic E-state index is 0.0531. The fraction of sp³-hybridized carbons (Fsp3) is 0.647. The van der Waals surface area contributed by atoms with Crippen molar-refractivity contribution in [3.05, 3.63) is 23.8 Å². The molecule has 0 spiro atoms. The second kappa shape index (κ2) is 7.64. The molecule has 5 nitrogen and oxygen atoms in total. The first-order valence-electron chi connectivity index (χ1n) is 8.24. The summed E-state index contributed by atoms with van der Waals surface area (Å²) < 4.78 is 28.4. The molecule has 0 aromatic heterocycles. The van der Waals surface area contributed by atoms with Crippen LogP contribution in [0.1, 0.15) is 38.7 Å². The second-order valence-electron chi connectivity index (χ2n) is 6.74. The molecule has 3 atom stereocenters. The van der Waals surface area contributed by atoms with Crippen LogP contribution >= 0.6 is 0 Å². The summed E-state index contributed by atoms with van der Waals surface area (Å²) in [6.45, 7) is 5.46. The van der Waals surface area contributed by atoms with Gasteiger partial charge in [0.25, 0.3) is 0 Å². The Morgan fingerprint density at radius 1 is 1.30 bits per heavy atom. The topological polar surface area (TPSA) is 81.4 Å². The minimum Gasteiger partial charge on any atom is -0.495 e. The van der Waals surface area contributed by atoms with Crippen molar-refractivity contribution in [1.82, 2.24) is 5.32 Å². The highest BCUT2D eigenvalue weighted by molar-refractivity contribution is 7.89. The molecule has 3 N–H and O–H groups in total. The van der Waals surface area contributed by atoms with Gasteiger partial charge in [0.05, 0.1) is 7.11 Å². The van der Waals surface area contributed by atoms with Crippen LogP contribution in [-0.4, -0.2) is 28.1 Å². The van der Waals surface area contributed by atoms with Crippen LogP contribution < -0.4 is 15.2 Å². The maximum absolute atomic E-state index is 11.6. The maximum Gasteiger partial charge on any atom is 0.241 e. The van der Waals surface area contributed by atoms with E-state index in [0.717, 1.165) is 24.4 Å². The van der Waals surface area contributed by atoms with E-state index < -0.39 is 10.0 Å². The van der Waals surface area contributed by atoms with Crippen molar-refractivity contribution in [3.63, 3.8) is 0 Å². The Morgan fingerprint density at radius 2 is 2.04 bits per heavy atom. The highest BCUT2D eigenvalue weighted by Gasteiger charge is 2.24. The van der Waals surface area contributed by atoms with Gasteiger partial charge in [-0.2, -0.15) is 0 Å². The summed E-state index contributed by atoms with van der Waals surface area (Å²) in [6.07, 6.45) is 4.54. The fourth-order valence-electron chi connectivity index (χ4n) is 3.47. The van der Waals surface area contributed by atoms with Gasteiger partial charge in [-0.05, 0) is 61.8 Å². The number of nitrogens with one attached hydrogen (secondary N) is 1. The van der Waals surface area contributed by atoms with Crippen LogP contribution in [0.2, 0.25) is 0 Å². The number of ether oxygens (including phenoxy) is 1. The lowest BCUT2D eigenvalue weighted by Crippen LogP contribution is -2.39. The summed E-state index contributed by atoms with van der Waals surface area (Å²) in [7, 11) is -2.33. The first-order valence-corrected chi connectivity index (χ1v) is 9.79. The molecule has 0 saturated heterocycles. The molecule has 0 aliphatic heterocycles. The van der Waals surface area contributed by atoms with Crippen LogP contribution in [0, 0.1) is 11.8 Å². The van der Waals surface area contributed by atoms with Crippen LogP contribution in [-0.2, 0) is 16.4 Å². The van der Waals surface area contributed by atoms with Crippen LogP contribution in [0.25, 0.3) is 0 Å². The van der Waals surface area contributed by atoms with Gasteiger partial charge < -0.3 is 10.1 Å². The van der Waals surface area contributed by atoms with Crippen molar-refractivity contribution in [2.45, 2.75) is 50.5 Å². The van der Waals surface area contributed by atoms with E-state index in [2.05, 4.69) is 19.2 Å². The lowest BCUT2D eigenvalue weighted by Gasteiger charge is -2.33. The van der Waals surface area contributed by atoms with Crippen molar-refractivity contribution < 1.29 is 13.2 Å². The Bertz CT molecular complexity index is 631. The summed E-state index contributed by atoms with van der Waals surface area (Å²) in [5.74, 6) is 1.80. The molecule has 130 valence electrons. The molecular weight excluding hydrogens is 312 g/mol. The van der Waals surface area contributed by atoms with Gasteiger partial charge >= 0.3 is 0 Å². The van der Waals surface area contributed by atoms with Gasteiger partial charge in [0.1, 0.15) is 10.6 Å². The zero-order valence-electron chi connectivity index (χ0n) is 14.2. The van der Waals surface area contributed by atoms with Crippen molar-refractivity contribution in [3.8, 4) is 5.75 Å². The largest absolute Gasteiger partial charge is 0.495 e. The monoisotopic (exact) mass is 340 g/mol. The number of hydrogen-bond acceptors (Lipinski definition) is 4. The molecule has 1 saturated carbocycles. The zero-order valence-corrected chi connectivity index (χ0v) is 15.0. The Morgan fingerprint density at radius 3 is 2.65 bits per heavy atom. The van der Waals surface area contributed by atoms with Crippen molar-refractivity contribution in [2.24, 2.45) is 17.0 Å². The number of nitrogens with two attached hydrogens (primary N) is 1. The van der Waals surface area contributed by atoms with Crippen molar-refractivity contribution in [2.75, 3.05) is 13.7 Å². The Labute approximate surface area is 139 Å². The van der Waals surface area contributed by atoms with E-state index in [4.69, 9.17) is 9.88 Å². The van der Waals surface area contributed by atoms with Crippen molar-refractivity contribution >= 4 is 10.0 Å².